The summed E-state index contributed by atoms with van der Waals surface area (Å²) in [4.78, 5) is 16.4. The topological polar surface area (TPSA) is 72.5 Å². The zero-order chi connectivity index (χ0) is 19.9. The Balaban J connectivity index is 1.49. The number of rotatable bonds is 6. The lowest BCUT2D eigenvalue weighted by molar-refractivity contribution is -0.121. The van der Waals surface area contributed by atoms with Crippen LogP contribution in [0, 0.1) is 0 Å². The molecule has 0 aliphatic rings. The second-order valence-corrected chi connectivity index (χ2v) is 7.69. The Morgan fingerprint density at radius 2 is 1.82 bits per heavy atom. The van der Waals surface area contributed by atoms with Gasteiger partial charge in [0.25, 0.3) is 5.91 Å². The molecule has 1 aromatic heterocycles. The number of aromatic nitrogens is 1. The number of methoxy groups -OCH3 is 1. The first-order valence-electron chi connectivity index (χ1n) is 8.12. The van der Waals surface area contributed by atoms with Gasteiger partial charge in [0.1, 0.15) is 11.5 Å². The molecule has 1 amide bonds. The van der Waals surface area contributed by atoms with Gasteiger partial charge in [-0.25, -0.2) is 4.98 Å². The average molecular weight is 478 g/mol. The monoisotopic (exact) mass is 477 g/mol. The summed E-state index contributed by atoms with van der Waals surface area (Å²) in [5.74, 6) is 1.03. The number of thiocarbonyl (C=S) groups is 1. The Morgan fingerprint density at radius 1 is 1.14 bits per heavy atom. The number of nitrogens with zero attached hydrogens (tertiary/aromatic N) is 1. The third kappa shape index (κ3) is 5.75. The Kier molecular flexibility index (Phi) is 6.96. The van der Waals surface area contributed by atoms with Gasteiger partial charge in [0.05, 0.1) is 12.8 Å². The normalized spacial score (nSPS) is 10.2. The highest BCUT2D eigenvalue weighted by atomic mass is 79.9. The number of hydrogen-bond donors (Lipinski definition) is 2. The van der Waals surface area contributed by atoms with Crippen molar-refractivity contribution < 1.29 is 14.3 Å². The molecule has 28 heavy (non-hydrogen) atoms. The fourth-order valence-electron chi connectivity index (χ4n) is 2.20. The van der Waals surface area contributed by atoms with E-state index in [1.54, 1.807) is 19.2 Å². The summed E-state index contributed by atoms with van der Waals surface area (Å²) in [6.07, 6.45) is 0. The van der Waals surface area contributed by atoms with Crippen LogP contribution in [0.5, 0.6) is 11.5 Å². The van der Waals surface area contributed by atoms with Gasteiger partial charge in [0.15, 0.2) is 16.9 Å². The van der Waals surface area contributed by atoms with Gasteiger partial charge in [0, 0.05) is 15.4 Å². The standard InChI is InChI=1S/C19H16BrN3O3S2/c1-25-14-6-2-12(3-7-14)16-11-28-19(21-16)23-18(27)22-17(24)10-26-15-8-4-13(20)5-9-15/h2-9,11H,10H2,1H3,(H2,21,22,23,24,27). The number of ether oxygens (including phenoxy) is 2. The van der Waals surface area contributed by atoms with E-state index in [2.05, 4.69) is 31.5 Å². The number of carbonyl (C=O) groups is 1. The Morgan fingerprint density at radius 3 is 2.50 bits per heavy atom. The van der Waals surface area contributed by atoms with Crippen LogP contribution in [0.4, 0.5) is 5.13 Å². The first kappa shape index (κ1) is 20.2. The first-order chi connectivity index (χ1) is 13.5. The van der Waals surface area contributed by atoms with Crippen molar-refractivity contribution in [3.8, 4) is 22.8 Å². The van der Waals surface area contributed by atoms with Gasteiger partial charge in [-0.2, -0.15) is 0 Å². The minimum atomic E-state index is -0.354. The third-order valence-corrected chi connectivity index (χ3v) is 5.04. The quantitative estimate of drug-likeness (QED) is 0.510. The molecule has 0 aliphatic heterocycles. The van der Waals surface area contributed by atoms with Crippen LogP contribution < -0.4 is 20.1 Å². The van der Waals surface area contributed by atoms with E-state index in [0.717, 1.165) is 21.5 Å². The summed E-state index contributed by atoms with van der Waals surface area (Å²) >= 11 is 9.90. The smallest absolute Gasteiger partial charge is 0.264 e. The zero-order valence-corrected chi connectivity index (χ0v) is 18.0. The molecule has 1 heterocycles. The molecule has 0 bridgehead atoms. The van der Waals surface area contributed by atoms with Crippen molar-refractivity contribution in [1.82, 2.24) is 10.3 Å². The van der Waals surface area contributed by atoms with E-state index in [0.29, 0.717) is 10.9 Å². The molecule has 0 fully saturated rings. The van der Waals surface area contributed by atoms with Gasteiger partial charge in [0.2, 0.25) is 0 Å². The van der Waals surface area contributed by atoms with Crippen LogP contribution in [0.25, 0.3) is 11.3 Å². The predicted molar refractivity (Wildman–Crippen MR) is 118 cm³/mol. The van der Waals surface area contributed by atoms with Crippen LogP contribution in [0.15, 0.2) is 58.4 Å². The molecule has 0 aliphatic carbocycles. The lowest BCUT2D eigenvalue weighted by atomic mass is 10.2. The van der Waals surface area contributed by atoms with Gasteiger partial charge < -0.3 is 14.8 Å². The maximum absolute atomic E-state index is 12.0. The lowest BCUT2D eigenvalue weighted by Crippen LogP contribution is -2.37. The highest BCUT2D eigenvalue weighted by Crippen LogP contribution is 2.26. The molecule has 2 N–H and O–H groups in total. The van der Waals surface area contributed by atoms with Crippen LogP contribution in [-0.2, 0) is 4.79 Å². The van der Waals surface area contributed by atoms with Gasteiger partial charge in [-0.15, -0.1) is 11.3 Å². The second-order valence-electron chi connectivity index (χ2n) is 5.51. The van der Waals surface area contributed by atoms with Crippen LogP contribution in [0.1, 0.15) is 0 Å². The number of thiazole rings is 1. The SMILES string of the molecule is COc1ccc(-c2csc(NC(=S)NC(=O)COc3ccc(Br)cc3)n2)cc1. The fourth-order valence-corrected chi connectivity index (χ4v) is 3.46. The molecular formula is C19H16BrN3O3S2. The number of anilines is 1. The molecule has 3 rings (SSSR count). The van der Waals surface area contributed by atoms with Crippen molar-refractivity contribution in [1.29, 1.82) is 0 Å². The van der Waals surface area contributed by atoms with Crippen LogP contribution in [0.2, 0.25) is 0 Å². The van der Waals surface area contributed by atoms with Gasteiger partial charge in [-0.1, -0.05) is 15.9 Å². The van der Waals surface area contributed by atoms with E-state index in [4.69, 9.17) is 21.7 Å². The fraction of sp³-hybridized carbons (Fsp3) is 0.105. The van der Waals surface area contributed by atoms with Crippen molar-refractivity contribution in [2.24, 2.45) is 0 Å². The van der Waals surface area contributed by atoms with Crippen LogP contribution in [0.3, 0.4) is 0 Å². The minimum absolute atomic E-state index is 0.140. The lowest BCUT2D eigenvalue weighted by Gasteiger charge is -2.08. The summed E-state index contributed by atoms with van der Waals surface area (Å²) in [5, 5.41) is 8.15. The maximum atomic E-state index is 12.0. The van der Waals surface area contributed by atoms with E-state index in [-0.39, 0.29) is 17.6 Å². The molecule has 0 spiro atoms. The average Bonchev–Trinajstić information content (AvgIpc) is 3.16. The largest absolute Gasteiger partial charge is 0.497 e. The van der Waals surface area contributed by atoms with E-state index in [9.17, 15) is 4.79 Å². The molecule has 3 aromatic rings. The minimum Gasteiger partial charge on any atom is -0.497 e. The highest BCUT2D eigenvalue weighted by Gasteiger charge is 2.09. The molecule has 0 unspecified atom stereocenters. The van der Waals surface area contributed by atoms with E-state index >= 15 is 0 Å². The molecule has 6 nitrogen and oxygen atoms in total. The van der Waals surface area contributed by atoms with Crippen LogP contribution in [-0.4, -0.2) is 29.7 Å². The van der Waals surface area contributed by atoms with Crippen molar-refractivity contribution in [2.45, 2.75) is 0 Å². The highest BCUT2D eigenvalue weighted by molar-refractivity contribution is 9.10. The number of amides is 1. The van der Waals surface area contributed by atoms with E-state index < -0.39 is 0 Å². The number of carbonyl (C=O) groups excluding carboxylic acids is 1. The number of benzene rings is 2. The number of nitrogens with one attached hydrogen (secondary N) is 2. The molecule has 2 aromatic carbocycles. The Hall–Kier alpha value is -2.49. The summed E-state index contributed by atoms with van der Waals surface area (Å²) in [6, 6.07) is 14.8. The van der Waals surface area contributed by atoms with Gasteiger partial charge in [-0.3, -0.25) is 10.1 Å². The maximum Gasteiger partial charge on any atom is 0.264 e. The van der Waals surface area contributed by atoms with Crippen molar-refractivity contribution in [3.05, 3.63) is 58.4 Å². The van der Waals surface area contributed by atoms with E-state index in [1.807, 2.05) is 41.8 Å². The third-order valence-electron chi connectivity index (χ3n) is 3.55. The summed E-state index contributed by atoms with van der Waals surface area (Å²) in [5.41, 5.74) is 1.77. The number of halogens is 1. The predicted octanol–water partition coefficient (Wildman–Crippen LogP) is 4.47. The zero-order valence-electron chi connectivity index (χ0n) is 14.8. The van der Waals surface area contributed by atoms with Crippen molar-refractivity contribution in [3.63, 3.8) is 0 Å². The number of hydrogen-bond acceptors (Lipinski definition) is 6. The molecule has 144 valence electrons. The Labute approximate surface area is 180 Å². The van der Waals surface area contributed by atoms with Crippen molar-refractivity contribution >= 4 is 55.6 Å². The van der Waals surface area contributed by atoms with Crippen molar-refractivity contribution in [2.75, 3.05) is 19.0 Å². The Bertz CT molecular complexity index is 959. The molecule has 0 saturated carbocycles. The second kappa shape index (κ2) is 9.63. The summed E-state index contributed by atoms with van der Waals surface area (Å²) in [7, 11) is 1.62. The molecule has 0 radical (unpaired) electrons. The van der Waals surface area contributed by atoms with Crippen LogP contribution >= 0.6 is 39.5 Å². The molecule has 0 atom stereocenters. The van der Waals surface area contributed by atoms with Gasteiger partial charge in [-0.05, 0) is 60.7 Å². The first-order valence-corrected chi connectivity index (χ1v) is 10.2. The molecule has 0 saturated heterocycles. The molecule has 9 heteroatoms. The summed E-state index contributed by atoms with van der Waals surface area (Å²) < 4.78 is 11.5. The molecular weight excluding hydrogens is 462 g/mol. The van der Waals surface area contributed by atoms with Gasteiger partial charge >= 0.3 is 0 Å². The van der Waals surface area contributed by atoms with E-state index in [1.165, 1.54) is 11.3 Å². The summed E-state index contributed by atoms with van der Waals surface area (Å²) in [6.45, 7) is -0.140.